The summed E-state index contributed by atoms with van der Waals surface area (Å²) >= 11 is 0. The average Bonchev–Trinajstić information content (AvgIpc) is 2.45. The molecule has 0 bridgehead atoms. The lowest BCUT2D eigenvalue weighted by molar-refractivity contribution is 0.663. The van der Waals surface area contributed by atoms with Crippen molar-refractivity contribution >= 4 is 0 Å². The standard InChI is InChI=1S/C18H21N/c1-15(2)19-14-13-18(16-9-5-3-6-10-16)17-11-7-4-8-12-17/h3-12,18-19H,1,13-14H2,2H3. The van der Waals surface area contributed by atoms with Crippen molar-refractivity contribution in [3.8, 4) is 0 Å². The quantitative estimate of drug-likeness (QED) is 0.805. The van der Waals surface area contributed by atoms with Crippen LogP contribution in [0.3, 0.4) is 0 Å². The highest BCUT2D eigenvalue weighted by Gasteiger charge is 2.12. The summed E-state index contributed by atoms with van der Waals surface area (Å²) in [4.78, 5) is 0. The average molecular weight is 251 g/mol. The Kier molecular flexibility index (Phi) is 4.79. The Morgan fingerprint density at radius 2 is 1.42 bits per heavy atom. The van der Waals surface area contributed by atoms with E-state index in [1.807, 2.05) is 6.92 Å². The molecule has 0 aliphatic heterocycles. The van der Waals surface area contributed by atoms with E-state index in [-0.39, 0.29) is 0 Å². The largest absolute Gasteiger partial charge is 0.389 e. The van der Waals surface area contributed by atoms with Crippen LogP contribution in [0.5, 0.6) is 0 Å². The Labute approximate surface area is 116 Å². The molecule has 0 radical (unpaired) electrons. The minimum absolute atomic E-state index is 0.439. The zero-order valence-electron chi connectivity index (χ0n) is 11.5. The molecule has 19 heavy (non-hydrogen) atoms. The van der Waals surface area contributed by atoms with Crippen molar-refractivity contribution in [2.45, 2.75) is 19.3 Å². The van der Waals surface area contributed by atoms with E-state index < -0.39 is 0 Å². The molecule has 0 spiro atoms. The lowest BCUT2D eigenvalue weighted by atomic mass is 9.88. The van der Waals surface area contributed by atoms with E-state index in [2.05, 4.69) is 72.6 Å². The van der Waals surface area contributed by atoms with Crippen molar-refractivity contribution < 1.29 is 0 Å². The van der Waals surface area contributed by atoms with Gasteiger partial charge < -0.3 is 5.32 Å². The maximum atomic E-state index is 3.89. The van der Waals surface area contributed by atoms with Gasteiger partial charge in [0.25, 0.3) is 0 Å². The van der Waals surface area contributed by atoms with Crippen LogP contribution in [0.25, 0.3) is 0 Å². The highest BCUT2D eigenvalue weighted by Crippen LogP contribution is 2.27. The van der Waals surface area contributed by atoms with E-state index in [9.17, 15) is 0 Å². The normalized spacial score (nSPS) is 10.4. The SMILES string of the molecule is C=C(C)NCCC(c1ccccc1)c1ccccc1. The Morgan fingerprint density at radius 1 is 0.947 bits per heavy atom. The van der Waals surface area contributed by atoms with Crippen molar-refractivity contribution in [2.75, 3.05) is 6.54 Å². The molecule has 0 amide bonds. The summed E-state index contributed by atoms with van der Waals surface area (Å²) in [6.07, 6.45) is 1.07. The number of hydrogen-bond donors (Lipinski definition) is 1. The van der Waals surface area contributed by atoms with Crippen molar-refractivity contribution in [1.29, 1.82) is 0 Å². The van der Waals surface area contributed by atoms with Gasteiger partial charge in [0.15, 0.2) is 0 Å². The van der Waals surface area contributed by atoms with Crippen molar-refractivity contribution in [2.24, 2.45) is 0 Å². The lowest BCUT2D eigenvalue weighted by Crippen LogP contribution is -2.15. The second-order valence-corrected chi connectivity index (χ2v) is 4.87. The van der Waals surface area contributed by atoms with Crippen LogP contribution in [0.2, 0.25) is 0 Å². The topological polar surface area (TPSA) is 12.0 Å². The van der Waals surface area contributed by atoms with E-state index in [0.29, 0.717) is 5.92 Å². The third-order valence-electron chi connectivity index (χ3n) is 3.26. The van der Waals surface area contributed by atoms with Crippen LogP contribution in [0.4, 0.5) is 0 Å². The molecule has 0 saturated carbocycles. The van der Waals surface area contributed by atoms with Gasteiger partial charge in [-0.25, -0.2) is 0 Å². The molecule has 0 aliphatic rings. The van der Waals surface area contributed by atoms with Crippen LogP contribution in [0.1, 0.15) is 30.4 Å². The van der Waals surface area contributed by atoms with Gasteiger partial charge in [0, 0.05) is 18.2 Å². The number of rotatable bonds is 6. The second kappa shape index (κ2) is 6.79. The first-order chi connectivity index (χ1) is 9.27. The molecule has 0 fully saturated rings. The van der Waals surface area contributed by atoms with E-state index >= 15 is 0 Å². The van der Waals surface area contributed by atoms with Crippen LogP contribution in [-0.2, 0) is 0 Å². The highest BCUT2D eigenvalue weighted by molar-refractivity contribution is 5.32. The van der Waals surface area contributed by atoms with Gasteiger partial charge in [-0.15, -0.1) is 0 Å². The first-order valence-corrected chi connectivity index (χ1v) is 6.76. The second-order valence-electron chi connectivity index (χ2n) is 4.87. The summed E-state index contributed by atoms with van der Waals surface area (Å²) < 4.78 is 0. The van der Waals surface area contributed by atoms with Gasteiger partial charge in [-0.2, -0.15) is 0 Å². The number of nitrogens with one attached hydrogen (secondary N) is 1. The zero-order chi connectivity index (χ0) is 13.5. The molecule has 2 aromatic rings. The van der Waals surface area contributed by atoms with E-state index in [1.165, 1.54) is 11.1 Å². The maximum absolute atomic E-state index is 3.89. The van der Waals surface area contributed by atoms with E-state index in [4.69, 9.17) is 0 Å². The fraction of sp³-hybridized carbons (Fsp3) is 0.222. The summed E-state index contributed by atoms with van der Waals surface area (Å²) in [5, 5.41) is 3.32. The summed E-state index contributed by atoms with van der Waals surface area (Å²) in [6, 6.07) is 21.4. The van der Waals surface area contributed by atoms with E-state index in [0.717, 1.165) is 18.7 Å². The predicted octanol–water partition coefficient (Wildman–Crippen LogP) is 4.33. The van der Waals surface area contributed by atoms with Gasteiger partial charge in [0.05, 0.1) is 0 Å². The minimum Gasteiger partial charge on any atom is -0.389 e. The van der Waals surface area contributed by atoms with Gasteiger partial charge in [0.2, 0.25) is 0 Å². The van der Waals surface area contributed by atoms with E-state index in [1.54, 1.807) is 0 Å². The Morgan fingerprint density at radius 3 is 1.84 bits per heavy atom. The Hall–Kier alpha value is -2.02. The van der Waals surface area contributed by atoms with Crippen LogP contribution < -0.4 is 5.32 Å². The molecule has 98 valence electrons. The number of benzene rings is 2. The Bertz CT molecular complexity index is 462. The molecule has 0 heterocycles. The summed E-state index contributed by atoms with van der Waals surface area (Å²) in [5.41, 5.74) is 3.77. The third-order valence-corrected chi connectivity index (χ3v) is 3.26. The number of hydrogen-bond acceptors (Lipinski definition) is 1. The Balaban J connectivity index is 2.17. The molecule has 2 aromatic carbocycles. The summed E-state index contributed by atoms with van der Waals surface area (Å²) in [6.45, 7) is 6.83. The lowest BCUT2D eigenvalue weighted by Gasteiger charge is -2.18. The molecule has 0 saturated heterocycles. The summed E-state index contributed by atoms with van der Waals surface area (Å²) in [7, 11) is 0. The maximum Gasteiger partial charge on any atom is 0.0152 e. The highest BCUT2D eigenvalue weighted by atomic mass is 14.9. The first kappa shape index (κ1) is 13.4. The smallest absolute Gasteiger partial charge is 0.0152 e. The summed E-state index contributed by atoms with van der Waals surface area (Å²) in [5.74, 6) is 0.439. The molecular weight excluding hydrogens is 230 g/mol. The third kappa shape index (κ3) is 3.99. The van der Waals surface area contributed by atoms with Crippen molar-refractivity contribution in [3.05, 3.63) is 84.1 Å². The molecule has 2 rings (SSSR count). The monoisotopic (exact) mass is 251 g/mol. The molecule has 0 aromatic heterocycles. The van der Waals surface area contributed by atoms with Crippen LogP contribution in [0, 0.1) is 0 Å². The fourth-order valence-corrected chi connectivity index (χ4v) is 2.33. The molecule has 1 nitrogen and oxygen atoms in total. The molecule has 0 aliphatic carbocycles. The van der Waals surface area contributed by atoms with Gasteiger partial charge in [-0.3, -0.25) is 0 Å². The molecule has 0 unspecified atom stereocenters. The molecular formula is C18H21N. The van der Waals surface area contributed by atoms with Gasteiger partial charge in [-0.1, -0.05) is 67.2 Å². The fourth-order valence-electron chi connectivity index (χ4n) is 2.33. The number of allylic oxidation sites excluding steroid dienone is 1. The van der Waals surface area contributed by atoms with Gasteiger partial charge in [-0.05, 0) is 24.5 Å². The van der Waals surface area contributed by atoms with Crippen LogP contribution in [0.15, 0.2) is 72.9 Å². The van der Waals surface area contributed by atoms with Crippen LogP contribution >= 0.6 is 0 Å². The van der Waals surface area contributed by atoms with Crippen LogP contribution in [-0.4, -0.2) is 6.54 Å². The van der Waals surface area contributed by atoms with Crippen molar-refractivity contribution in [1.82, 2.24) is 5.32 Å². The van der Waals surface area contributed by atoms with Gasteiger partial charge >= 0.3 is 0 Å². The molecule has 1 heteroatoms. The minimum atomic E-state index is 0.439. The molecule has 1 N–H and O–H groups in total. The van der Waals surface area contributed by atoms with Crippen molar-refractivity contribution in [3.63, 3.8) is 0 Å². The van der Waals surface area contributed by atoms with Gasteiger partial charge in [0.1, 0.15) is 0 Å². The molecule has 0 atom stereocenters. The first-order valence-electron chi connectivity index (χ1n) is 6.76. The predicted molar refractivity (Wildman–Crippen MR) is 82.2 cm³/mol. The zero-order valence-corrected chi connectivity index (χ0v) is 11.5.